The van der Waals surface area contributed by atoms with E-state index in [-0.39, 0.29) is 11.4 Å². The third kappa shape index (κ3) is 4.19. The van der Waals surface area contributed by atoms with Crippen LogP contribution in [0.2, 0.25) is 0 Å². The molecule has 3 aromatic rings. The van der Waals surface area contributed by atoms with Crippen molar-refractivity contribution in [2.75, 3.05) is 19.0 Å². The summed E-state index contributed by atoms with van der Waals surface area (Å²) < 4.78 is 32.2. The molecule has 0 atom stereocenters. The van der Waals surface area contributed by atoms with Crippen molar-refractivity contribution < 1.29 is 17.9 Å². The van der Waals surface area contributed by atoms with Crippen molar-refractivity contribution in [2.45, 2.75) is 4.90 Å². The van der Waals surface area contributed by atoms with Gasteiger partial charge in [0.1, 0.15) is 5.75 Å². The Morgan fingerprint density at radius 2 is 1.65 bits per heavy atom. The quantitative estimate of drug-likeness (QED) is 0.699. The van der Waals surface area contributed by atoms with Crippen LogP contribution in [0.25, 0.3) is 10.8 Å². The second kappa shape index (κ2) is 7.55. The predicted octanol–water partition coefficient (Wildman–Crippen LogP) is 2.77. The van der Waals surface area contributed by atoms with Crippen LogP contribution in [0.3, 0.4) is 0 Å². The maximum Gasteiger partial charge on any atom is 0.241 e. The average molecular weight is 370 g/mol. The smallest absolute Gasteiger partial charge is 0.241 e. The minimum absolute atomic E-state index is 0.119. The molecule has 3 aromatic carbocycles. The summed E-state index contributed by atoms with van der Waals surface area (Å²) in [5.41, 5.74) is 0.556. The number of rotatable bonds is 6. The first-order valence-electron chi connectivity index (χ1n) is 7.90. The van der Waals surface area contributed by atoms with Crippen LogP contribution in [-0.4, -0.2) is 28.0 Å². The van der Waals surface area contributed by atoms with Crippen molar-refractivity contribution in [2.24, 2.45) is 0 Å². The zero-order valence-corrected chi connectivity index (χ0v) is 14.9. The Kier molecular flexibility index (Phi) is 5.20. The Hall–Kier alpha value is -2.90. The molecule has 0 aliphatic rings. The number of nitrogens with one attached hydrogen (secondary N) is 2. The largest absolute Gasteiger partial charge is 0.497 e. The highest BCUT2D eigenvalue weighted by Gasteiger charge is 2.16. The van der Waals surface area contributed by atoms with Gasteiger partial charge in [-0.05, 0) is 47.2 Å². The number of sulfonamides is 1. The molecule has 0 heterocycles. The molecule has 26 heavy (non-hydrogen) atoms. The van der Waals surface area contributed by atoms with Crippen LogP contribution in [-0.2, 0) is 14.8 Å². The molecular formula is C19H18N2O4S. The number of hydrogen-bond donors (Lipinski definition) is 2. The zero-order valence-electron chi connectivity index (χ0n) is 14.1. The normalized spacial score (nSPS) is 11.3. The summed E-state index contributed by atoms with van der Waals surface area (Å²) in [6.07, 6.45) is 0. The Morgan fingerprint density at radius 3 is 2.35 bits per heavy atom. The van der Waals surface area contributed by atoms with Gasteiger partial charge in [-0.2, -0.15) is 0 Å². The molecule has 0 aliphatic heterocycles. The number of amides is 1. The average Bonchev–Trinajstić information content (AvgIpc) is 2.67. The molecule has 0 spiro atoms. The molecule has 7 heteroatoms. The van der Waals surface area contributed by atoms with Crippen LogP contribution >= 0.6 is 0 Å². The maximum atomic E-state index is 12.4. The van der Waals surface area contributed by atoms with Gasteiger partial charge in [-0.3, -0.25) is 4.79 Å². The van der Waals surface area contributed by atoms with Gasteiger partial charge in [-0.15, -0.1) is 0 Å². The molecule has 0 saturated carbocycles. The van der Waals surface area contributed by atoms with Crippen LogP contribution in [0.5, 0.6) is 5.75 Å². The second-order valence-corrected chi connectivity index (χ2v) is 7.38. The van der Waals surface area contributed by atoms with Gasteiger partial charge < -0.3 is 10.1 Å². The van der Waals surface area contributed by atoms with Gasteiger partial charge in [-0.25, -0.2) is 13.1 Å². The van der Waals surface area contributed by atoms with E-state index in [1.807, 2.05) is 24.3 Å². The number of ether oxygens (including phenoxy) is 1. The van der Waals surface area contributed by atoms with Gasteiger partial charge in [0.25, 0.3) is 0 Å². The van der Waals surface area contributed by atoms with E-state index in [0.717, 1.165) is 10.8 Å². The lowest BCUT2D eigenvalue weighted by Crippen LogP contribution is -2.32. The standard InChI is InChI=1S/C19H18N2O4S/c1-25-17-9-7-16(8-10-17)21-19(22)13-20-26(23,24)18-11-6-14-4-2-3-5-15(14)12-18/h2-12,20H,13H2,1H3,(H,21,22). The number of benzene rings is 3. The molecule has 0 bridgehead atoms. The van der Waals surface area contributed by atoms with Gasteiger partial charge in [0.2, 0.25) is 15.9 Å². The van der Waals surface area contributed by atoms with Gasteiger partial charge >= 0.3 is 0 Å². The fourth-order valence-electron chi connectivity index (χ4n) is 2.46. The zero-order chi connectivity index (χ0) is 18.6. The SMILES string of the molecule is COc1ccc(NC(=O)CNS(=O)(=O)c2ccc3ccccc3c2)cc1. The van der Waals surface area contributed by atoms with E-state index in [0.29, 0.717) is 11.4 Å². The molecule has 0 fully saturated rings. The van der Waals surface area contributed by atoms with Gasteiger partial charge in [0, 0.05) is 5.69 Å². The topological polar surface area (TPSA) is 84.5 Å². The number of anilines is 1. The molecule has 2 N–H and O–H groups in total. The summed E-state index contributed by atoms with van der Waals surface area (Å²) in [5, 5.41) is 4.39. The molecule has 0 aromatic heterocycles. The van der Waals surface area contributed by atoms with Gasteiger partial charge in [0.15, 0.2) is 0 Å². The van der Waals surface area contributed by atoms with Crippen LogP contribution in [0.15, 0.2) is 71.6 Å². The first kappa shape index (κ1) is 17.9. The van der Waals surface area contributed by atoms with Crippen LogP contribution in [0.1, 0.15) is 0 Å². The minimum Gasteiger partial charge on any atom is -0.497 e. The summed E-state index contributed by atoms with van der Waals surface area (Å²) in [6, 6.07) is 19.1. The Morgan fingerprint density at radius 1 is 0.962 bits per heavy atom. The lowest BCUT2D eigenvalue weighted by molar-refractivity contribution is -0.115. The highest BCUT2D eigenvalue weighted by Crippen LogP contribution is 2.19. The molecule has 0 aliphatic carbocycles. The minimum atomic E-state index is -3.78. The molecule has 1 amide bonds. The van der Waals surface area contributed by atoms with Gasteiger partial charge in [-0.1, -0.05) is 30.3 Å². The molecule has 134 valence electrons. The van der Waals surface area contributed by atoms with Crippen LogP contribution < -0.4 is 14.8 Å². The van der Waals surface area contributed by atoms with Crippen LogP contribution in [0.4, 0.5) is 5.69 Å². The van der Waals surface area contributed by atoms with Crippen molar-refractivity contribution in [1.29, 1.82) is 0 Å². The summed E-state index contributed by atoms with van der Waals surface area (Å²) in [7, 11) is -2.23. The molecule has 0 unspecified atom stereocenters. The highest BCUT2D eigenvalue weighted by atomic mass is 32.2. The maximum absolute atomic E-state index is 12.4. The lowest BCUT2D eigenvalue weighted by Gasteiger charge is -2.09. The van der Waals surface area contributed by atoms with Crippen molar-refractivity contribution in [3.63, 3.8) is 0 Å². The second-order valence-electron chi connectivity index (χ2n) is 5.61. The van der Waals surface area contributed by atoms with E-state index in [2.05, 4.69) is 10.0 Å². The fraction of sp³-hybridized carbons (Fsp3) is 0.105. The third-order valence-corrected chi connectivity index (χ3v) is 5.23. The van der Waals surface area contributed by atoms with E-state index in [4.69, 9.17) is 4.74 Å². The van der Waals surface area contributed by atoms with Crippen molar-refractivity contribution >= 4 is 32.4 Å². The first-order valence-corrected chi connectivity index (χ1v) is 9.39. The Labute approximate surface area is 151 Å². The molecule has 0 saturated heterocycles. The number of carbonyl (C=O) groups excluding carboxylic acids is 1. The van der Waals surface area contributed by atoms with Crippen molar-refractivity contribution in [3.05, 3.63) is 66.7 Å². The van der Waals surface area contributed by atoms with Crippen molar-refractivity contribution in [1.82, 2.24) is 4.72 Å². The summed E-state index contributed by atoms with van der Waals surface area (Å²) in [6.45, 7) is -0.360. The van der Waals surface area contributed by atoms with Gasteiger partial charge in [0.05, 0.1) is 18.6 Å². The van der Waals surface area contributed by atoms with Crippen LogP contribution in [0, 0.1) is 0 Å². The molecule has 0 radical (unpaired) electrons. The van der Waals surface area contributed by atoms with E-state index in [9.17, 15) is 13.2 Å². The monoisotopic (exact) mass is 370 g/mol. The summed E-state index contributed by atoms with van der Waals surface area (Å²) in [5.74, 6) is 0.208. The van der Waals surface area contributed by atoms with Crippen molar-refractivity contribution in [3.8, 4) is 5.75 Å². The summed E-state index contributed by atoms with van der Waals surface area (Å²) in [4.78, 5) is 12.1. The fourth-order valence-corrected chi connectivity index (χ4v) is 3.48. The number of hydrogen-bond acceptors (Lipinski definition) is 4. The summed E-state index contributed by atoms with van der Waals surface area (Å²) >= 11 is 0. The lowest BCUT2D eigenvalue weighted by atomic mass is 10.1. The number of methoxy groups -OCH3 is 1. The third-order valence-electron chi connectivity index (χ3n) is 3.83. The molecule has 6 nitrogen and oxygen atoms in total. The Balaban J connectivity index is 1.65. The van der Waals surface area contributed by atoms with E-state index in [1.54, 1.807) is 43.5 Å². The first-order chi connectivity index (χ1) is 12.5. The van der Waals surface area contributed by atoms with E-state index < -0.39 is 15.9 Å². The van der Waals surface area contributed by atoms with E-state index in [1.165, 1.54) is 6.07 Å². The number of fused-ring (bicyclic) bond motifs is 1. The molecular weight excluding hydrogens is 352 g/mol. The van der Waals surface area contributed by atoms with E-state index >= 15 is 0 Å². The predicted molar refractivity (Wildman–Crippen MR) is 101 cm³/mol. The highest BCUT2D eigenvalue weighted by molar-refractivity contribution is 7.89. The number of carbonyl (C=O) groups is 1. The molecule has 3 rings (SSSR count). The Bertz CT molecular complexity index is 1030.